The van der Waals surface area contributed by atoms with Gasteiger partial charge in [0.25, 0.3) is 0 Å². The summed E-state index contributed by atoms with van der Waals surface area (Å²) in [7, 11) is 0. The number of rotatable bonds is 3. The van der Waals surface area contributed by atoms with Crippen LogP contribution in [0, 0.1) is 11.3 Å². The summed E-state index contributed by atoms with van der Waals surface area (Å²) < 4.78 is 0. The van der Waals surface area contributed by atoms with Crippen LogP contribution >= 0.6 is 15.9 Å². The summed E-state index contributed by atoms with van der Waals surface area (Å²) in [6.45, 7) is 11.9. The summed E-state index contributed by atoms with van der Waals surface area (Å²) in [6, 6.07) is 0. The molecule has 12 heavy (non-hydrogen) atoms. The first-order valence-corrected chi connectivity index (χ1v) is 5.60. The van der Waals surface area contributed by atoms with Gasteiger partial charge in [0.1, 0.15) is 0 Å². The minimum atomic E-state index is 0.207. The van der Waals surface area contributed by atoms with Gasteiger partial charge in [-0.25, -0.2) is 0 Å². The lowest BCUT2D eigenvalue weighted by Crippen LogP contribution is -2.22. The van der Waals surface area contributed by atoms with Gasteiger partial charge in [-0.05, 0) is 5.92 Å². The Kier molecular flexibility index (Phi) is 5.07. The Labute approximate surface area is 84.8 Å². The molecule has 0 saturated heterocycles. The summed E-state index contributed by atoms with van der Waals surface area (Å²) in [5, 5.41) is 0.892. The van der Waals surface area contributed by atoms with Crippen molar-refractivity contribution >= 4 is 21.6 Å². The van der Waals surface area contributed by atoms with E-state index < -0.39 is 0 Å². The topological polar surface area (TPSA) is 12.4 Å². The van der Waals surface area contributed by atoms with Crippen LogP contribution in [0.25, 0.3) is 0 Å². The summed E-state index contributed by atoms with van der Waals surface area (Å²) in [5.74, 6) is 0.654. The number of nitrogens with zero attached hydrogens (tertiary/aromatic N) is 1. The molecule has 0 N–H and O–H groups in total. The highest BCUT2D eigenvalue weighted by atomic mass is 79.9. The van der Waals surface area contributed by atoms with E-state index >= 15 is 0 Å². The summed E-state index contributed by atoms with van der Waals surface area (Å²) in [4.78, 5) is 4.58. The smallest absolute Gasteiger partial charge is 0.0418 e. The third-order valence-electron chi connectivity index (χ3n) is 1.64. The van der Waals surface area contributed by atoms with Gasteiger partial charge in [-0.2, -0.15) is 0 Å². The Balaban J connectivity index is 4.24. The number of hydrogen-bond donors (Lipinski definition) is 0. The molecule has 0 radical (unpaired) electrons. The van der Waals surface area contributed by atoms with Gasteiger partial charge in [0, 0.05) is 23.0 Å². The fourth-order valence-electron chi connectivity index (χ4n) is 0.773. The highest BCUT2D eigenvalue weighted by molar-refractivity contribution is 9.09. The zero-order valence-electron chi connectivity index (χ0n) is 8.82. The van der Waals surface area contributed by atoms with E-state index in [2.05, 4.69) is 55.5 Å². The maximum absolute atomic E-state index is 4.58. The minimum Gasteiger partial charge on any atom is -0.292 e. The molecule has 0 aromatic carbocycles. The fourth-order valence-corrected chi connectivity index (χ4v) is 1.79. The van der Waals surface area contributed by atoms with Gasteiger partial charge in [0.15, 0.2) is 0 Å². The molecule has 1 nitrogen and oxygen atoms in total. The Morgan fingerprint density at radius 1 is 1.33 bits per heavy atom. The van der Waals surface area contributed by atoms with Crippen molar-refractivity contribution in [3.8, 4) is 0 Å². The van der Waals surface area contributed by atoms with Crippen molar-refractivity contribution < 1.29 is 0 Å². The van der Waals surface area contributed by atoms with Crippen LogP contribution in [0.5, 0.6) is 0 Å². The number of hydrogen-bond acceptors (Lipinski definition) is 1. The molecule has 0 aliphatic rings. The Morgan fingerprint density at radius 3 is 2.08 bits per heavy atom. The first-order valence-electron chi connectivity index (χ1n) is 4.47. The van der Waals surface area contributed by atoms with Crippen LogP contribution in [0.3, 0.4) is 0 Å². The van der Waals surface area contributed by atoms with E-state index in [-0.39, 0.29) is 5.41 Å². The molecule has 0 rings (SSSR count). The molecule has 0 aliphatic carbocycles. The molecule has 0 atom stereocenters. The van der Waals surface area contributed by atoms with Crippen molar-refractivity contribution in [3.63, 3.8) is 0 Å². The molecule has 0 spiro atoms. The molecule has 0 saturated carbocycles. The summed E-state index contributed by atoms with van der Waals surface area (Å²) in [5.41, 5.74) is 1.47. The largest absolute Gasteiger partial charge is 0.292 e. The third kappa shape index (κ3) is 4.91. The third-order valence-corrected chi connectivity index (χ3v) is 2.17. The van der Waals surface area contributed by atoms with E-state index in [4.69, 9.17) is 0 Å². The molecule has 0 amide bonds. The first-order chi connectivity index (χ1) is 5.38. The molecule has 0 bridgehead atoms. The van der Waals surface area contributed by atoms with Crippen molar-refractivity contribution in [2.45, 2.75) is 34.6 Å². The van der Waals surface area contributed by atoms with Gasteiger partial charge in [0.05, 0.1) is 0 Å². The lowest BCUT2D eigenvalue weighted by molar-refractivity contribution is 0.577. The van der Waals surface area contributed by atoms with E-state index in [1.807, 2.05) is 0 Å². The molecule has 0 aliphatic heterocycles. The lowest BCUT2D eigenvalue weighted by atomic mass is 9.91. The normalized spacial score (nSPS) is 14.1. The maximum Gasteiger partial charge on any atom is 0.0418 e. The van der Waals surface area contributed by atoms with Crippen molar-refractivity contribution in [3.05, 3.63) is 0 Å². The van der Waals surface area contributed by atoms with Crippen molar-refractivity contribution in [1.29, 1.82) is 0 Å². The van der Waals surface area contributed by atoms with Crippen LogP contribution in [0.4, 0.5) is 0 Å². The molecule has 0 fully saturated rings. The van der Waals surface area contributed by atoms with Crippen molar-refractivity contribution in [2.75, 3.05) is 11.9 Å². The average Bonchev–Trinajstić information content (AvgIpc) is 1.85. The standard InChI is InChI=1S/C10H20BrN/c1-8(2)7-12-9(6-11)10(3,4)5/h8H,6-7H2,1-5H3. The van der Waals surface area contributed by atoms with Crippen LogP contribution in [0.1, 0.15) is 34.6 Å². The average molecular weight is 234 g/mol. The predicted octanol–water partition coefficient (Wildman–Crippen LogP) is 3.52. The second-order valence-corrected chi connectivity index (χ2v) is 5.13. The second-order valence-electron chi connectivity index (χ2n) is 4.56. The maximum atomic E-state index is 4.58. The fraction of sp³-hybridized carbons (Fsp3) is 0.900. The van der Waals surface area contributed by atoms with E-state index in [0.29, 0.717) is 5.92 Å². The zero-order valence-corrected chi connectivity index (χ0v) is 10.4. The highest BCUT2D eigenvalue weighted by Gasteiger charge is 2.17. The summed E-state index contributed by atoms with van der Waals surface area (Å²) >= 11 is 3.47. The molecular formula is C10H20BrN. The predicted molar refractivity (Wildman–Crippen MR) is 60.4 cm³/mol. The van der Waals surface area contributed by atoms with Gasteiger partial charge < -0.3 is 0 Å². The van der Waals surface area contributed by atoms with E-state index in [0.717, 1.165) is 11.9 Å². The van der Waals surface area contributed by atoms with Crippen LogP contribution in [-0.4, -0.2) is 17.6 Å². The van der Waals surface area contributed by atoms with Crippen LogP contribution in [-0.2, 0) is 0 Å². The van der Waals surface area contributed by atoms with Gasteiger partial charge in [-0.1, -0.05) is 50.5 Å². The minimum absolute atomic E-state index is 0.207. The van der Waals surface area contributed by atoms with Crippen LogP contribution in [0.15, 0.2) is 4.99 Å². The molecular weight excluding hydrogens is 214 g/mol. The summed E-state index contributed by atoms with van der Waals surface area (Å²) in [6.07, 6.45) is 0. The molecule has 0 aromatic rings. The van der Waals surface area contributed by atoms with Gasteiger partial charge in [-0.15, -0.1) is 0 Å². The van der Waals surface area contributed by atoms with E-state index in [9.17, 15) is 0 Å². The van der Waals surface area contributed by atoms with E-state index in [1.54, 1.807) is 0 Å². The van der Waals surface area contributed by atoms with Crippen LogP contribution < -0.4 is 0 Å². The molecule has 0 unspecified atom stereocenters. The number of aliphatic imine (C=N–C) groups is 1. The quantitative estimate of drug-likeness (QED) is 0.523. The van der Waals surface area contributed by atoms with Crippen LogP contribution in [0.2, 0.25) is 0 Å². The second kappa shape index (κ2) is 5.00. The van der Waals surface area contributed by atoms with Gasteiger partial charge >= 0.3 is 0 Å². The lowest BCUT2D eigenvalue weighted by Gasteiger charge is -2.20. The molecule has 2 heteroatoms. The SMILES string of the molecule is CC(C)CN=C(CBr)C(C)(C)C. The monoisotopic (exact) mass is 233 g/mol. The highest BCUT2D eigenvalue weighted by Crippen LogP contribution is 2.18. The van der Waals surface area contributed by atoms with Gasteiger partial charge in [-0.3, -0.25) is 4.99 Å². The number of alkyl halides is 1. The molecule has 0 aromatic heterocycles. The first kappa shape index (κ1) is 12.2. The number of halogens is 1. The Hall–Kier alpha value is 0.150. The van der Waals surface area contributed by atoms with E-state index in [1.165, 1.54) is 5.71 Å². The zero-order chi connectivity index (χ0) is 9.78. The Morgan fingerprint density at radius 2 is 1.83 bits per heavy atom. The Bertz CT molecular complexity index is 154. The molecule has 72 valence electrons. The van der Waals surface area contributed by atoms with Crippen molar-refractivity contribution in [1.82, 2.24) is 0 Å². The van der Waals surface area contributed by atoms with Gasteiger partial charge in [0.2, 0.25) is 0 Å². The molecule has 0 heterocycles. The van der Waals surface area contributed by atoms with Crippen molar-refractivity contribution in [2.24, 2.45) is 16.3 Å².